The third kappa shape index (κ3) is 3.54. The predicted molar refractivity (Wildman–Crippen MR) is 110 cm³/mol. The number of aromatic nitrogens is 4. The monoisotopic (exact) mass is 399 g/mol. The van der Waals surface area contributed by atoms with Gasteiger partial charge >= 0.3 is 0 Å². The van der Waals surface area contributed by atoms with E-state index in [1.807, 2.05) is 4.90 Å². The molecule has 0 N–H and O–H groups in total. The van der Waals surface area contributed by atoms with Crippen molar-refractivity contribution < 1.29 is 9.53 Å². The van der Waals surface area contributed by atoms with Crippen LogP contribution < -0.4 is 0 Å². The van der Waals surface area contributed by atoms with Gasteiger partial charge in [-0.25, -0.2) is 0 Å². The average molecular weight is 400 g/mol. The van der Waals surface area contributed by atoms with E-state index in [1.54, 1.807) is 0 Å². The number of ether oxygens (including phenoxy) is 1. The van der Waals surface area contributed by atoms with Crippen molar-refractivity contribution in [2.24, 2.45) is 0 Å². The highest BCUT2D eigenvalue weighted by Crippen LogP contribution is 2.31. The van der Waals surface area contributed by atoms with Crippen LogP contribution in [0.15, 0.2) is 35.6 Å². The highest BCUT2D eigenvalue weighted by molar-refractivity contribution is 7.99. The smallest absolute Gasteiger partial charge is 0.233 e. The van der Waals surface area contributed by atoms with E-state index >= 15 is 0 Å². The summed E-state index contributed by atoms with van der Waals surface area (Å²) in [7, 11) is 0. The summed E-state index contributed by atoms with van der Waals surface area (Å²) in [4.78, 5) is 14.3. The van der Waals surface area contributed by atoms with Gasteiger partial charge in [0, 0.05) is 48.8 Å². The van der Waals surface area contributed by atoms with E-state index in [-0.39, 0.29) is 5.91 Å². The number of nitrogens with zero attached hydrogens (tertiary/aromatic N) is 5. The lowest BCUT2D eigenvalue weighted by Gasteiger charge is -2.26. The maximum atomic E-state index is 12.5. The first-order chi connectivity index (χ1) is 13.7. The lowest BCUT2D eigenvalue weighted by Crippen LogP contribution is -2.41. The normalized spacial score (nSPS) is 14.7. The van der Waals surface area contributed by atoms with Gasteiger partial charge in [-0.2, -0.15) is 0 Å². The Morgan fingerprint density at radius 2 is 1.93 bits per heavy atom. The van der Waals surface area contributed by atoms with Gasteiger partial charge in [-0.05, 0) is 19.9 Å². The van der Waals surface area contributed by atoms with Crippen LogP contribution in [0.5, 0.6) is 0 Å². The number of hydrogen-bond acceptors (Lipinski definition) is 5. The standard InChI is InChI=1S/C20H25N5O2S/c1-3-23-13-16(15-7-5-6-8-17(15)23)19-21-22-20(25(19)4-2)28-14-18(26)24-9-11-27-12-10-24/h5-8,13H,3-4,9-12,14H2,1-2H3. The number of fused-ring (bicyclic) bond motifs is 1. The van der Waals surface area contributed by atoms with E-state index in [9.17, 15) is 4.79 Å². The summed E-state index contributed by atoms with van der Waals surface area (Å²) in [5, 5.41) is 10.8. The molecule has 0 radical (unpaired) electrons. The van der Waals surface area contributed by atoms with Gasteiger partial charge in [0.2, 0.25) is 5.91 Å². The van der Waals surface area contributed by atoms with Crippen LogP contribution in [0.3, 0.4) is 0 Å². The van der Waals surface area contributed by atoms with Crippen molar-refractivity contribution in [2.45, 2.75) is 32.1 Å². The van der Waals surface area contributed by atoms with Crippen LogP contribution in [0.25, 0.3) is 22.3 Å². The number of rotatable bonds is 6. The molecule has 0 aliphatic carbocycles. The van der Waals surface area contributed by atoms with Crippen LogP contribution in [-0.4, -0.2) is 62.2 Å². The molecule has 0 spiro atoms. The fourth-order valence-electron chi connectivity index (χ4n) is 3.60. The Morgan fingerprint density at radius 3 is 2.68 bits per heavy atom. The van der Waals surface area contributed by atoms with E-state index in [0.717, 1.165) is 29.6 Å². The molecule has 1 saturated heterocycles. The van der Waals surface area contributed by atoms with Crippen LogP contribution in [-0.2, 0) is 22.6 Å². The van der Waals surface area contributed by atoms with Crippen LogP contribution in [0.1, 0.15) is 13.8 Å². The van der Waals surface area contributed by atoms with Gasteiger partial charge in [-0.15, -0.1) is 10.2 Å². The average Bonchev–Trinajstić information content (AvgIpc) is 3.33. The zero-order chi connectivity index (χ0) is 19.5. The molecule has 3 aromatic rings. The topological polar surface area (TPSA) is 65.2 Å². The Kier molecular flexibility index (Phi) is 5.68. The highest BCUT2D eigenvalue weighted by atomic mass is 32.2. The van der Waals surface area contributed by atoms with Crippen molar-refractivity contribution in [1.29, 1.82) is 0 Å². The summed E-state index contributed by atoms with van der Waals surface area (Å²) >= 11 is 1.46. The molecule has 1 fully saturated rings. The molecule has 28 heavy (non-hydrogen) atoms. The minimum Gasteiger partial charge on any atom is -0.378 e. The Morgan fingerprint density at radius 1 is 1.14 bits per heavy atom. The number of hydrogen-bond donors (Lipinski definition) is 0. The molecule has 1 amide bonds. The lowest BCUT2D eigenvalue weighted by atomic mass is 10.1. The number of morpholine rings is 1. The van der Waals surface area contributed by atoms with E-state index in [1.165, 1.54) is 22.7 Å². The molecule has 7 nitrogen and oxygen atoms in total. The van der Waals surface area contributed by atoms with Crippen molar-refractivity contribution in [3.05, 3.63) is 30.5 Å². The minimum atomic E-state index is 0.128. The lowest BCUT2D eigenvalue weighted by molar-refractivity contribution is -0.132. The van der Waals surface area contributed by atoms with Gasteiger partial charge < -0.3 is 18.8 Å². The number of para-hydroxylation sites is 1. The third-order valence-electron chi connectivity index (χ3n) is 5.09. The number of carbonyl (C=O) groups is 1. The Hall–Kier alpha value is -2.32. The summed E-state index contributed by atoms with van der Waals surface area (Å²) in [6.45, 7) is 8.45. The Labute approximate surface area is 168 Å². The van der Waals surface area contributed by atoms with Crippen molar-refractivity contribution in [1.82, 2.24) is 24.2 Å². The van der Waals surface area contributed by atoms with Gasteiger partial charge in [0.15, 0.2) is 11.0 Å². The van der Waals surface area contributed by atoms with Gasteiger partial charge in [0.1, 0.15) is 0 Å². The van der Waals surface area contributed by atoms with Crippen molar-refractivity contribution >= 4 is 28.6 Å². The number of carbonyl (C=O) groups excluding carboxylic acids is 1. The molecule has 2 aromatic heterocycles. The number of amides is 1. The molecule has 8 heteroatoms. The van der Waals surface area contributed by atoms with E-state index < -0.39 is 0 Å². The fourth-order valence-corrected chi connectivity index (χ4v) is 4.50. The maximum Gasteiger partial charge on any atom is 0.233 e. The zero-order valence-electron chi connectivity index (χ0n) is 16.3. The molecule has 1 aliphatic rings. The molecular formula is C20H25N5O2S. The van der Waals surface area contributed by atoms with E-state index in [2.05, 4.69) is 63.6 Å². The predicted octanol–water partition coefficient (Wildman–Crippen LogP) is 2.89. The van der Waals surface area contributed by atoms with Gasteiger partial charge in [-0.1, -0.05) is 30.0 Å². The minimum absolute atomic E-state index is 0.128. The van der Waals surface area contributed by atoms with Crippen LogP contribution >= 0.6 is 11.8 Å². The van der Waals surface area contributed by atoms with Gasteiger partial charge in [0.25, 0.3) is 0 Å². The number of aryl methyl sites for hydroxylation is 1. The molecule has 0 saturated carbocycles. The van der Waals surface area contributed by atoms with Gasteiger partial charge in [0.05, 0.1) is 19.0 Å². The van der Waals surface area contributed by atoms with Crippen LogP contribution in [0.4, 0.5) is 0 Å². The largest absolute Gasteiger partial charge is 0.378 e. The summed E-state index contributed by atoms with van der Waals surface area (Å²) in [5.41, 5.74) is 2.28. The number of thioether (sulfide) groups is 1. The van der Waals surface area contributed by atoms with Crippen molar-refractivity contribution in [2.75, 3.05) is 32.1 Å². The second kappa shape index (κ2) is 8.36. The first kappa shape index (κ1) is 19.0. The summed E-state index contributed by atoms with van der Waals surface area (Å²) in [6, 6.07) is 8.36. The van der Waals surface area contributed by atoms with Gasteiger partial charge in [-0.3, -0.25) is 4.79 Å². The Bertz CT molecular complexity index is 974. The maximum absolute atomic E-state index is 12.5. The molecule has 0 unspecified atom stereocenters. The third-order valence-corrected chi connectivity index (χ3v) is 6.04. The zero-order valence-corrected chi connectivity index (χ0v) is 17.1. The Balaban J connectivity index is 1.59. The summed E-state index contributed by atoms with van der Waals surface area (Å²) in [6.07, 6.45) is 2.15. The molecular weight excluding hydrogens is 374 g/mol. The molecule has 148 valence electrons. The second-order valence-corrected chi connectivity index (χ2v) is 7.62. The number of benzene rings is 1. The SMILES string of the molecule is CCn1c(SCC(=O)N2CCOCC2)nnc1-c1cn(CC)c2ccccc12. The molecule has 1 aliphatic heterocycles. The quantitative estimate of drug-likeness (QED) is 0.597. The van der Waals surface area contributed by atoms with Crippen LogP contribution in [0, 0.1) is 0 Å². The highest BCUT2D eigenvalue weighted by Gasteiger charge is 2.21. The van der Waals surface area contributed by atoms with Crippen LogP contribution in [0.2, 0.25) is 0 Å². The van der Waals surface area contributed by atoms with E-state index in [0.29, 0.717) is 32.1 Å². The first-order valence-corrected chi connectivity index (χ1v) is 10.7. The summed E-state index contributed by atoms with van der Waals surface area (Å²) < 4.78 is 9.65. The molecule has 3 heterocycles. The molecule has 1 aromatic carbocycles. The van der Waals surface area contributed by atoms with Crippen molar-refractivity contribution in [3.8, 4) is 11.4 Å². The first-order valence-electron chi connectivity index (χ1n) is 9.72. The molecule has 0 atom stereocenters. The van der Waals surface area contributed by atoms with Crippen molar-refractivity contribution in [3.63, 3.8) is 0 Å². The second-order valence-electron chi connectivity index (χ2n) is 6.68. The van der Waals surface area contributed by atoms with E-state index in [4.69, 9.17) is 4.74 Å². The molecule has 0 bridgehead atoms. The summed E-state index contributed by atoms with van der Waals surface area (Å²) in [5.74, 6) is 1.35. The molecule has 4 rings (SSSR count). The fraction of sp³-hybridized carbons (Fsp3) is 0.450.